The minimum atomic E-state index is 0.547. The minimum absolute atomic E-state index is 0.547. The van der Waals surface area contributed by atoms with Gasteiger partial charge in [0, 0.05) is 17.5 Å². The molecular weight excluding hydrogens is 276 g/mol. The Labute approximate surface area is 131 Å². The molecule has 0 aliphatic heterocycles. The summed E-state index contributed by atoms with van der Waals surface area (Å²) in [5.74, 6) is 1.26. The standard InChI is InChI=1S/C19H20O3/c1-3-7-17-12-16(14-20)13-18(21-2)19(17)22-11-10-15-8-5-4-6-9-15/h3-6,8-9,12-14H,1,7,10-11H2,2H3. The third-order valence-corrected chi connectivity index (χ3v) is 3.35. The molecule has 0 spiro atoms. The Morgan fingerprint density at radius 3 is 2.59 bits per heavy atom. The molecule has 0 aromatic heterocycles. The average molecular weight is 296 g/mol. The van der Waals surface area contributed by atoms with E-state index in [2.05, 4.69) is 18.7 Å². The highest BCUT2D eigenvalue weighted by molar-refractivity contribution is 5.77. The van der Waals surface area contributed by atoms with Crippen molar-refractivity contribution in [3.8, 4) is 11.5 Å². The van der Waals surface area contributed by atoms with E-state index in [0.717, 1.165) is 18.3 Å². The van der Waals surface area contributed by atoms with Gasteiger partial charge in [0.05, 0.1) is 13.7 Å². The zero-order valence-corrected chi connectivity index (χ0v) is 12.7. The molecular formula is C19H20O3. The third kappa shape index (κ3) is 3.98. The van der Waals surface area contributed by atoms with Crippen LogP contribution >= 0.6 is 0 Å². The van der Waals surface area contributed by atoms with Gasteiger partial charge in [-0.2, -0.15) is 0 Å². The lowest BCUT2D eigenvalue weighted by Gasteiger charge is -2.15. The molecule has 0 heterocycles. The first kappa shape index (κ1) is 15.8. The molecule has 2 aromatic rings. The molecule has 0 amide bonds. The van der Waals surface area contributed by atoms with E-state index >= 15 is 0 Å². The molecule has 0 fully saturated rings. The summed E-state index contributed by atoms with van der Waals surface area (Å²) in [6, 6.07) is 13.7. The lowest BCUT2D eigenvalue weighted by Crippen LogP contribution is -2.05. The highest BCUT2D eigenvalue weighted by Gasteiger charge is 2.12. The van der Waals surface area contributed by atoms with Gasteiger partial charge < -0.3 is 9.47 Å². The number of ether oxygens (including phenoxy) is 2. The Balaban J connectivity index is 2.17. The predicted molar refractivity (Wildman–Crippen MR) is 87.9 cm³/mol. The molecule has 3 nitrogen and oxygen atoms in total. The fraction of sp³-hybridized carbons (Fsp3) is 0.211. The molecule has 22 heavy (non-hydrogen) atoms. The summed E-state index contributed by atoms with van der Waals surface area (Å²) in [7, 11) is 1.58. The first-order chi connectivity index (χ1) is 10.8. The van der Waals surface area contributed by atoms with Crippen molar-refractivity contribution < 1.29 is 14.3 Å². The quantitative estimate of drug-likeness (QED) is 0.548. The van der Waals surface area contributed by atoms with Crippen LogP contribution in [0.25, 0.3) is 0 Å². The summed E-state index contributed by atoms with van der Waals surface area (Å²) in [5.41, 5.74) is 2.70. The number of aldehydes is 1. The topological polar surface area (TPSA) is 35.5 Å². The van der Waals surface area contributed by atoms with E-state index in [9.17, 15) is 4.79 Å². The fourth-order valence-electron chi connectivity index (χ4n) is 2.29. The van der Waals surface area contributed by atoms with Gasteiger partial charge in [-0.15, -0.1) is 6.58 Å². The van der Waals surface area contributed by atoms with Crippen LogP contribution in [0, 0.1) is 0 Å². The van der Waals surface area contributed by atoms with E-state index in [1.54, 1.807) is 19.3 Å². The molecule has 3 heteroatoms. The highest BCUT2D eigenvalue weighted by Crippen LogP contribution is 2.33. The van der Waals surface area contributed by atoms with Crippen molar-refractivity contribution in [1.29, 1.82) is 0 Å². The van der Waals surface area contributed by atoms with Gasteiger partial charge in [0.1, 0.15) is 6.29 Å². The van der Waals surface area contributed by atoms with Gasteiger partial charge in [-0.3, -0.25) is 4.79 Å². The van der Waals surface area contributed by atoms with Gasteiger partial charge in [-0.1, -0.05) is 36.4 Å². The molecule has 2 aromatic carbocycles. The van der Waals surface area contributed by atoms with Crippen molar-refractivity contribution in [1.82, 2.24) is 0 Å². The molecule has 0 bridgehead atoms. The largest absolute Gasteiger partial charge is 0.493 e. The van der Waals surface area contributed by atoms with Crippen LogP contribution in [0.2, 0.25) is 0 Å². The summed E-state index contributed by atoms with van der Waals surface area (Å²) in [4.78, 5) is 11.0. The zero-order chi connectivity index (χ0) is 15.8. The molecule has 114 valence electrons. The second-order valence-electron chi connectivity index (χ2n) is 4.91. The summed E-state index contributed by atoms with van der Waals surface area (Å²) in [5, 5.41) is 0. The van der Waals surface area contributed by atoms with Crippen LogP contribution in [0.3, 0.4) is 0 Å². The van der Waals surface area contributed by atoms with E-state index in [0.29, 0.717) is 30.1 Å². The molecule has 0 saturated heterocycles. The van der Waals surface area contributed by atoms with E-state index in [4.69, 9.17) is 9.47 Å². The first-order valence-electron chi connectivity index (χ1n) is 7.22. The molecule has 2 rings (SSSR count). The number of methoxy groups -OCH3 is 1. The maximum atomic E-state index is 11.0. The number of allylic oxidation sites excluding steroid dienone is 1. The molecule has 0 atom stereocenters. The Bertz CT molecular complexity index is 633. The van der Waals surface area contributed by atoms with Crippen LogP contribution in [0.15, 0.2) is 55.1 Å². The first-order valence-corrected chi connectivity index (χ1v) is 7.22. The van der Waals surface area contributed by atoms with Crippen molar-refractivity contribution >= 4 is 6.29 Å². The number of hydrogen-bond acceptors (Lipinski definition) is 3. The van der Waals surface area contributed by atoms with E-state index in [1.807, 2.05) is 24.3 Å². The monoisotopic (exact) mass is 296 g/mol. The Morgan fingerprint density at radius 2 is 1.95 bits per heavy atom. The van der Waals surface area contributed by atoms with Gasteiger partial charge in [0.15, 0.2) is 11.5 Å². The minimum Gasteiger partial charge on any atom is -0.493 e. The van der Waals surface area contributed by atoms with Crippen LogP contribution in [0.1, 0.15) is 21.5 Å². The summed E-state index contributed by atoms with van der Waals surface area (Å²) in [6.07, 6.45) is 4.03. The van der Waals surface area contributed by atoms with Crippen LogP contribution in [-0.4, -0.2) is 20.0 Å². The van der Waals surface area contributed by atoms with Gasteiger partial charge in [-0.25, -0.2) is 0 Å². The normalized spacial score (nSPS) is 10.0. The zero-order valence-electron chi connectivity index (χ0n) is 12.7. The highest BCUT2D eigenvalue weighted by atomic mass is 16.5. The van der Waals surface area contributed by atoms with Crippen molar-refractivity contribution in [2.45, 2.75) is 12.8 Å². The maximum Gasteiger partial charge on any atom is 0.164 e. The number of hydrogen-bond donors (Lipinski definition) is 0. The number of rotatable bonds is 8. The predicted octanol–water partition coefficient (Wildman–Crippen LogP) is 3.86. The van der Waals surface area contributed by atoms with Gasteiger partial charge in [0.25, 0.3) is 0 Å². The molecule has 0 aliphatic carbocycles. The second kappa shape index (κ2) is 8.03. The van der Waals surface area contributed by atoms with E-state index in [1.165, 1.54) is 5.56 Å². The van der Waals surface area contributed by atoms with Crippen molar-refractivity contribution in [3.05, 3.63) is 71.8 Å². The number of carbonyl (C=O) groups is 1. The van der Waals surface area contributed by atoms with E-state index in [-0.39, 0.29) is 0 Å². The Morgan fingerprint density at radius 1 is 1.18 bits per heavy atom. The number of benzene rings is 2. The van der Waals surface area contributed by atoms with Crippen LogP contribution in [-0.2, 0) is 12.8 Å². The average Bonchev–Trinajstić information content (AvgIpc) is 2.57. The summed E-state index contributed by atoms with van der Waals surface area (Å²) in [6.45, 7) is 4.30. The van der Waals surface area contributed by atoms with Crippen molar-refractivity contribution in [2.24, 2.45) is 0 Å². The van der Waals surface area contributed by atoms with Gasteiger partial charge >= 0.3 is 0 Å². The molecule has 0 unspecified atom stereocenters. The van der Waals surface area contributed by atoms with Crippen molar-refractivity contribution in [2.75, 3.05) is 13.7 Å². The van der Waals surface area contributed by atoms with E-state index < -0.39 is 0 Å². The lowest BCUT2D eigenvalue weighted by molar-refractivity contribution is 0.112. The molecule has 0 N–H and O–H groups in total. The molecule has 0 saturated carbocycles. The Hall–Kier alpha value is -2.55. The molecule has 0 radical (unpaired) electrons. The summed E-state index contributed by atoms with van der Waals surface area (Å²) >= 11 is 0. The maximum absolute atomic E-state index is 11.0. The SMILES string of the molecule is C=CCc1cc(C=O)cc(OC)c1OCCc1ccccc1. The van der Waals surface area contributed by atoms with Crippen LogP contribution < -0.4 is 9.47 Å². The van der Waals surface area contributed by atoms with Crippen LogP contribution in [0.4, 0.5) is 0 Å². The fourth-order valence-corrected chi connectivity index (χ4v) is 2.29. The Kier molecular flexibility index (Phi) is 5.78. The van der Waals surface area contributed by atoms with Crippen LogP contribution in [0.5, 0.6) is 11.5 Å². The second-order valence-corrected chi connectivity index (χ2v) is 4.91. The third-order valence-electron chi connectivity index (χ3n) is 3.35. The van der Waals surface area contributed by atoms with Gasteiger partial charge in [0.2, 0.25) is 0 Å². The lowest BCUT2D eigenvalue weighted by atomic mass is 10.1. The smallest absolute Gasteiger partial charge is 0.164 e. The summed E-state index contributed by atoms with van der Waals surface area (Å²) < 4.78 is 11.3. The van der Waals surface area contributed by atoms with Crippen molar-refractivity contribution in [3.63, 3.8) is 0 Å². The molecule has 0 aliphatic rings. The van der Waals surface area contributed by atoms with Gasteiger partial charge in [-0.05, 0) is 24.1 Å². The number of carbonyl (C=O) groups excluding carboxylic acids is 1.